The fourth-order valence-corrected chi connectivity index (χ4v) is 5.74. The number of fused-ring (bicyclic) bond motifs is 1. The van der Waals surface area contributed by atoms with E-state index >= 15 is 0 Å². The van der Waals surface area contributed by atoms with Crippen LogP contribution in [0, 0.1) is 0 Å². The summed E-state index contributed by atoms with van der Waals surface area (Å²) in [6, 6.07) is 4.27. The highest BCUT2D eigenvalue weighted by Gasteiger charge is 2.40. The zero-order valence-corrected chi connectivity index (χ0v) is 18.1. The molecule has 3 aliphatic rings. The Morgan fingerprint density at radius 1 is 1.09 bits per heavy atom. The summed E-state index contributed by atoms with van der Waals surface area (Å²) < 4.78 is 30.3. The van der Waals surface area contributed by atoms with Gasteiger partial charge in [0.05, 0.1) is 17.9 Å². The Morgan fingerprint density at radius 2 is 1.88 bits per heavy atom. The Labute approximate surface area is 185 Å². The van der Waals surface area contributed by atoms with Gasteiger partial charge in [0, 0.05) is 30.3 Å². The van der Waals surface area contributed by atoms with Crippen LogP contribution in [0.25, 0.3) is 0 Å². The number of carbonyl (C=O) groups is 3. The van der Waals surface area contributed by atoms with Crippen molar-refractivity contribution < 1.29 is 22.8 Å². The number of sulfonamides is 1. The number of hydrogen-bond donors (Lipinski definition) is 2. The molecule has 0 spiro atoms. The third-order valence-electron chi connectivity index (χ3n) is 6.41. The maximum absolute atomic E-state index is 13.0. The third-order valence-corrected chi connectivity index (χ3v) is 7.73. The molecular weight excluding hydrogens is 434 g/mol. The number of nitrogens with one attached hydrogen (secondary N) is 2. The van der Waals surface area contributed by atoms with Crippen LogP contribution in [0.3, 0.4) is 0 Å². The number of hydrogen-bond acceptors (Lipinski definition) is 6. The van der Waals surface area contributed by atoms with Crippen LogP contribution >= 0.6 is 0 Å². The summed E-state index contributed by atoms with van der Waals surface area (Å²) >= 11 is 0. The highest BCUT2D eigenvalue weighted by atomic mass is 32.2. The molecule has 1 aromatic heterocycles. The van der Waals surface area contributed by atoms with Crippen molar-refractivity contribution in [3.05, 3.63) is 41.7 Å². The molecule has 2 fully saturated rings. The second-order valence-corrected chi connectivity index (χ2v) is 10.1. The normalized spacial score (nSPS) is 21.7. The highest BCUT2D eigenvalue weighted by molar-refractivity contribution is 7.92. The molecule has 2 aliphatic heterocycles. The van der Waals surface area contributed by atoms with E-state index in [1.165, 1.54) is 11.1 Å². The van der Waals surface area contributed by atoms with E-state index < -0.39 is 22.0 Å². The van der Waals surface area contributed by atoms with Crippen LogP contribution in [0.2, 0.25) is 0 Å². The fraction of sp³-hybridized carbons (Fsp3) is 0.429. The summed E-state index contributed by atoms with van der Waals surface area (Å²) in [5, 5.41) is 6.50. The highest BCUT2D eigenvalue weighted by Crippen LogP contribution is 2.34. The molecule has 3 heterocycles. The Balaban J connectivity index is 1.39. The van der Waals surface area contributed by atoms with Gasteiger partial charge in [-0.25, -0.2) is 8.42 Å². The molecule has 3 amide bonds. The Morgan fingerprint density at radius 3 is 2.62 bits per heavy atom. The number of anilines is 1. The predicted octanol–water partition coefficient (Wildman–Crippen LogP) is 1.56. The molecule has 32 heavy (non-hydrogen) atoms. The molecular formula is C21H23N5O5S. The van der Waals surface area contributed by atoms with Crippen molar-refractivity contribution in [2.45, 2.75) is 62.0 Å². The molecule has 1 aliphatic carbocycles. The van der Waals surface area contributed by atoms with E-state index in [0.717, 1.165) is 25.7 Å². The number of piperidine rings is 1. The van der Waals surface area contributed by atoms with E-state index in [1.54, 1.807) is 29.1 Å². The first kappa shape index (κ1) is 20.7. The first-order valence-electron chi connectivity index (χ1n) is 10.7. The van der Waals surface area contributed by atoms with Gasteiger partial charge < -0.3 is 4.90 Å². The summed E-state index contributed by atoms with van der Waals surface area (Å²) in [5.41, 5.74) is 1.14. The SMILES string of the molecule is O=C1CCC(N2Cc3c(NS(=O)(=O)c4cnn(C5CCCC5)c4)cccc3C2=O)C(=O)N1. The van der Waals surface area contributed by atoms with Crippen LogP contribution < -0.4 is 10.0 Å². The molecule has 1 aromatic carbocycles. The Kier molecular flexibility index (Phi) is 5.00. The van der Waals surface area contributed by atoms with Gasteiger partial charge in [0.2, 0.25) is 11.8 Å². The second kappa shape index (κ2) is 7.73. The maximum atomic E-state index is 13.0. The number of carbonyl (C=O) groups excluding carboxylic acids is 3. The summed E-state index contributed by atoms with van der Waals surface area (Å²) in [6.45, 7) is 0.0838. The van der Waals surface area contributed by atoms with Crippen molar-refractivity contribution >= 4 is 33.4 Å². The van der Waals surface area contributed by atoms with Crippen molar-refractivity contribution in [2.24, 2.45) is 0 Å². The van der Waals surface area contributed by atoms with Gasteiger partial charge in [0.15, 0.2) is 0 Å². The summed E-state index contributed by atoms with van der Waals surface area (Å²) in [6.07, 6.45) is 7.47. The molecule has 1 unspecified atom stereocenters. The minimum atomic E-state index is -3.91. The lowest BCUT2D eigenvalue weighted by Gasteiger charge is -2.29. The van der Waals surface area contributed by atoms with E-state index in [0.29, 0.717) is 16.8 Å². The van der Waals surface area contributed by atoms with Gasteiger partial charge in [0.1, 0.15) is 10.9 Å². The largest absolute Gasteiger partial charge is 0.322 e. The van der Waals surface area contributed by atoms with Crippen LogP contribution in [0.5, 0.6) is 0 Å². The van der Waals surface area contributed by atoms with Crippen molar-refractivity contribution in [3.63, 3.8) is 0 Å². The molecule has 5 rings (SSSR count). The van der Waals surface area contributed by atoms with Gasteiger partial charge in [-0.1, -0.05) is 18.9 Å². The molecule has 11 heteroatoms. The number of aromatic nitrogens is 2. The zero-order chi connectivity index (χ0) is 22.5. The van der Waals surface area contributed by atoms with Crippen LogP contribution in [0.15, 0.2) is 35.5 Å². The first-order chi connectivity index (χ1) is 15.3. The van der Waals surface area contributed by atoms with E-state index in [-0.39, 0.29) is 42.1 Å². The minimum absolute atomic E-state index is 0.0633. The molecule has 1 saturated heterocycles. The van der Waals surface area contributed by atoms with Gasteiger partial charge in [0.25, 0.3) is 15.9 Å². The number of benzene rings is 1. The van der Waals surface area contributed by atoms with E-state index in [2.05, 4.69) is 15.1 Å². The molecule has 2 N–H and O–H groups in total. The standard InChI is InChI=1S/C21H23N5O5S/c27-19-9-8-18(20(28)23-19)25-12-16-15(21(25)29)6-3-7-17(16)24-32(30,31)14-10-22-26(11-14)13-4-1-2-5-13/h3,6-7,10-11,13,18,24H,1-2,4-5,8-9,12H2,(H,23,27,28). The fourth-order valence-electron chi connectivity index (χ4n) is 4.71. The molecule has 1 atom stereocenters. The van der Waals surface area contributed by atoms with Crippen LogP contribution in [-0.4, -0.2) is 46.9 Å². The van der Waals surface area contributed by atoms with Crippen LogP contribution in [-0.2, 0) is 26.2 Å². The quantitative estimate of drug-likeness (QED) is 0.656. The van der Waals surface area contributed by atoms with Gasteiger partial charge in [-0.3, -0.25) is 29.1 Å². The third kappa shape index (κ3) is 3.56. The summed E-state index contributed by atoms with van der Waals surface area (Å²) in [7, 11) is -3.91. The Hall–Kier alpha value is -3.21. The molecule has 10 nitrogen and oxygen atoms in total. The predicted molar refractivity (Wildman–Crippen MR) is 113 cm³/mol. The van der Waals surface area contributed by atoms with Gasteiger partial charge in [-0.15, -0.1) is 0 Å². The first-order valence-corrected chi connectivity index (χ1v) is 12.2. The number of imide groups is 1. The number of amides is 3. The molecule has 1 saturated carbocycles. The molecule has 2 aromatic rings. The van der Waals surface area contributed by atoms with Crippen molar-refractivity contribution in [2.75, 3.05) is 4.72 Å². The van der Waals surface area contributed by atoms with Gasteiger partial charge >= 0.3 is 0 Å². The van der Waals surface area contributed by atoms with Crippen LogP contribution in [0.4, 0.5) is 5.69 Å². The average molecular weight is 458 g/mol. The monoisotopic (exact) mass is 457 g/mol. The zero-order valence-electron chi connectivity index (χ0n) is 17.3. The maximum Gasteiger partial charge on any atom is 0.265 e. The average Bonchev–Trinajstić information content (AvgIpc) is 3.49. The summed E-state index contributed by atoms with van der Waals surface area (Å²) in [4.78, 5) is 38.1. The lowest BCUT2D eigenvalue weighted by molar-refractivity contribution is -0.136. The lowest BCUT2D eigenvalue weighted by atomic mass is 10.0. The smallest absolute Gasteiger partial charge is 0.265 e. The van der Waals surface area contributed by atoms with E-state index in [4.69, 9.17) is 0 Å². The van der Waals surface area contributed by atoms with Crippen molar-refractivity contribution in [3.8, 4) is 0 Å². The Bertz CT molecular complexity index is 1210. The molecule has 168 valence electrons. The second-order valence-electron chi connectivity index (χ2n) is 8.43. The summed E-state index contributed by atoms with van der Waals surface area (Å²) in [5.74, 6) is -1.23. The lowest BCUT2D eigenvalue weighted by Crippen LogP contribution is -2.52. The van der Waals surface area contributed by atoms with Crippen LogP contribution in [0.1, 0.15) is 60.5 Å². The topological polar surface area (TPSA) is 130 Å². The van der Waals surface area contributed by atoms with Crippen molar-refractivity contribution in [1.82, 2.24) is 20.0 Å². The molecule has 0 radical (unpaired) electrons. The van der Waals surface area contributed by atoms with Crippen molar-refractivity contribution in [1.29, 1.82) is 0 Å². The van der Waals surface area contributed by atoms with Gasteiger partial charge in [-0.05, 0) is 31.4 Å². The minimum Gasteiger partial charge on any atom is -0.322 e. The number of rotatable bonds is 5. The number of nitrogens with zero attached hydrogens (tertiary/aromatic N) is 3. The molecule has 0 bridgehead atoms. The van der Waals surface area contributed by atoms with E-state index in [9.17, 15) is 22.8 Å². The van der Waals surface area contributed by atoms with E-state index in [1.807, 2.05) is 0 Å². The van der Waals surface area contributed by atoms with Gasteiger partial charge in [-0.2, -0.15) is 5.10 Å².